The number of aliphatic carboxylic acids is 1. The van der Waals surface area contributed by atoms with Crippen LogP contribution in [0.1, 0.15) is 26.7 Å². The Morgan fingerprint density at radius 1 is 1.25 bits per heavy atom. The second-order valence-corrected chi connectivity index (χ2v) is 4.40. The molecule has 0 fully saturated rings. The number of carbonyl (C=O) groups is 3. The third kappa shape index (κ3) is 5.70. The molecule has 1 amide bonds. The number of rotatable bonds is 7. The minimum absolute atomic E-state index is 0.0725. The third-order valence-electron chi connectivity index (χ3n) is 2.01. The summed E-state index contributed by atoms with van der Waals surface area (Å²) in [5.74, 6) is -1.49. The molecule has 5 nitrogen and oxygen atoms in total. The number of carbonyl (C=O) groups excluding carboxylic acids is 2. The Morgan fingerprint density at radius 2 is 1.81 bits per heavy atom. The van der Waals surface area contributed by atoms with Gasteiger partial charge in [0, 0.05) is 12.3 Å². The SMILES string of the molecule is CC(C)(CCl)C(=O)NCC(=O)CCC(=O)O. The van der Waals surface area contributed by atoms with Crippen LogP contribution in [0.25, 0.3) is 0 Å². The number of halogens is 1. The quantitative estimate of drug-likeness (QED) is 0.654. The molecule has 0 saturated carbocycles. The molecule has 0 aromatic heterocycles. The van der Waals surface area contributed by atoms with Gasteiger partial charge in [-0.2, -0.15) is 0 Å². The molecule has 92 valence electrons. The first kappa shape index (κ1) is 14.9. The minimum Gasteiger partial charge on any atom is -0.481 e. The van der Waals surface area contributed by atoms with E-state index < -0.39 is 11.4 Å². The lowest BCUT2D eigenvalue weighted by atomic mass is 9.95. The summed E-state index contributed by atoms with van der Waals surface area (Å²) in [6.45, 7) is 3.18. The molecular formula is C10H16ClNO4. The topological polar surface area (TPSA) is 83.5 Å². The van der Waals surface area contributed by atoms with Crippen LogP contribution in [0.15, 0.2) is 0 Å². The van der Waals surface area contributed by atoms with E-state index in [1.54, 1.807) is 13.8 Å². The molecule has 0 aliphatic rings. The number of carboxylic acid groups (broad SMARTS) is 1. The summed E-state index contributed by atoms with van der Waals surface area (Å²) in [5.41, 5.74) is -0.728. The molecule has 16 heavy (non-hydrogen) atoms. The highest BCUT2D eigenvalue weighted by molar-refractivity contribution is 6.19. The van der Waals surface area contributed by atoms with Crippen molar-refractivity contribution in [3.05, 3.63) is 0 Å². The highest BCUT2D eigenvalue weighted by Crippen LogP contribution is 2.16. The molecule has 0 aromatic rings. The highest BCUT2D eigenvalue weighted by atomic mass is 35.5. The predicted molar refractivity (Wildman–Crippen MR) is 59.4 cm³/mol. The zero-order valence-corrected chi connectivity index (χ0v) is 10.1. The maximum absolute atomic E-state index is 11.5. The number of hydrogen-bond acceptors (Lipinski definition) is 3. The fourth-order valence-corrected chi connectivity index (χ4v) is 0.935. The van der Waals surface area contributed by atoms with Gasteiger partial charge in [-0.3, -0.25) is 14.4 Å². The lowest BCUT2D eigenvalue weighted by Gasteiger charge is -2.19. The first-order valence-corrected chi connectivity index (χ1v) is 5.41. The molecule has 0 aliphatic heterocycles. The zero-order valence-electron chi connectivity index (χ0n) is 9.38. The summed E-state index contributed by atoms with van der Waals surface area (Å²) in [7, 11) is 0. The van der Waals surface area contributed by atoms with Crippen LogP contribution in [-0.4, -0.2) is 35.2 Å². The number of hydrogen-bond donors (Lipinski definition) is 2. The molecule has 6 heteroatoms. The van der Waals surface area contributed by atoms with Crippen LogP contribution in [-0.2, 0) is 14.4 Å². The number of alkyl halides is 1. The van der Waals surface area contributed by atoms with Crippen molar-refractivity contribution in [1.82, 2.24) is 5.32 Å². The smallest absolute Gasteiger partial charge is 0.303 e. The van der Waals surface area contributed by atoms with E-state index in [0.717, 1.165) is 0 Å². The monoisotopic (exact) mass is 249 g/mol. The number of nitrogens with one attached hydrogen (secondary N) is 1. The van der Waals surface area contributed by atoms with Crippen LogP contribution in [0.3, 0.4) is 0 Å². The first-order valence-electron chi connectivity index (χ1n) is 4.87. The van der Waals surface area contributed by atoms with Gasteiger partial charge in [0.25, 0.3) is 0 Å². The van der Waals surface area contributed by atoms with Crippen molar-refractivity contribution >= 4 is 29.3 Å². The van der Waals surface area contributed by atoms with Crippen molar-refractivity contribution in [3.63, 3.8) is 0 Å². The number of carboxylic acids is 1. The van der Waals surface area contributed by atoms with Gasteiger partial charge in [-0.15, -0.1) is 11.6 Å². The maximum atomic E-state index is 11.5. The Labute approximate surface area is 99.2 Å². The Balaban J connectivity index is 3.93. The van der Waals surface area contributed by atoms with E-state index in [9.17, 15) is 14.4 Å². The van der Waals surface area contributed by atoms with Gasteiger partial charge in [-0.1, -0.05) is 0 Å². The molecule has 0 rings (SSSR count). The summed E-state index contributed by atoms with van der Waals surface area (Å²) in [6.07, 6.45) is -0.287. The van der Waals surface area contributed by atoms with Gasteiger partial charge >= 0.3 is 5.97 Å². The Kier molecular flexibility index (Phi) is 6.03. The van der Waals surface area contributed by atoms with Crippen LogP contribution in [0.2, 0.25) is 0 Å². The molecule has 0 radical (unpaired) electrons. The highest BCUT2D eigenvalue weighted by Gasteiger charge is 2.26. The Morgan fingerprint density at radius 3 is 2.25 bits per heavy atom. The maximum Gasteiger partial charge on any atom is 0.303 e. The van der Waals surface area contributed by atoms with Gasteiger partial charge < -0.3 is 10.4 Å². The van der Waals surface area contributed by atoms with Crippen molar-refractivity contribution in [2.75, 3.05) is 12.4 Å². The number of Topliss-reactive ketones (excluding diaryl/α,β-unsaturated/α-hetero) is 1. The molecular weight excluding hydrogens is 234 g/mol. The van der Waals surface area contributed by atoms with Gasteiger partial charge in [-0.05, 0) is 13.8 Å². The third-order valence-corrected chi connectivity index (χ3v) is 2.68. The summed E-state index contributed by atoms with van der Waals surface area (Å²) in [4.78, 5) is 32.8. The second kappa shape index (κ2) is 6.48. The predicted octanol–water partition coefficient (Wildman–Crippen LogP) is 0.801. The summed E-state index contributed by atoms with van der Waals surface area (Å²) in [5, 5.41) is 10.8. The number of ketones is 1. The molecule has 0 heterocycles. The molecule has 0 saturated heterocycles. The van der Waals surface area contributed by atoms with Crippen LogP contribution < -0.4 is 5.32 Å². The molecule has 0 bridgehead atoms. The molecule has 0 spiro atoms. The lowest BCUT2D eigenvalue weighted by Crippen LogP contribution is -2.40. The van der Waals surface area contributed by atoms with Crippen molar-refractivity contribution in [2.45, 2.75) is 26.7 Å². The van der Waals surface area contributed by atoms with Gasteiger partial charge in [-0.25, -0.2) is 0 Å². The van der Waals surface area contributed by atoms with Gasteiger partial charge in [0.05, 0.1) is 18.4 Å². The molecule has 2 N–H and O–H groups in total. The molecule has 0 atom stereocenters. The summed E-state index contributed by atoms with van der Waals surface area (Å²) in [6, 6.07) is 0. The standard InChI is InChI=1S/C10H16ClNO4/c1-10(2,6-11)9(16)12-5-7(13)3-4-8(14)15/h3-6H2,1-2H3,(H,12,16)(H,14,15). The van der Waals surface area contributed by atoms with Crippen LogP contribution in [0.4, 0.5) is 0 Å². The Bertz CT molecular complexity index is 289. The van der Waals surface area contributed by atoms with Gasteiger partial charge in [0.2, 0.25) is 5.91 Å². The average molecular weight is 250 g/mol. The van der Waals surface area contributed by atoms with Crippen LogP contribution in [0, 0.1) is 5.41 Å². The van der Waals surface area contributed by atoms with Crippen molar-refractivity contribution in [3.8, 4) is 0 Å². The van der Waals surface area contributed by atoms with E-state index in [1.807, 2.05) is 0 Å². The van der Waals surface area contributed by atoms with E-state index in [1.165, 1.54) is 0 Å². The summed E-state index contributed by atoms with van der Waals surface area (Å²) < 4.78 is 0. The normalized spacial score (nSPS) is 10.9. The fraction of sp³-hybridized carbons (Fsp3) is 0.700. The second-order valence-electron chi connectivity index (χ2n) is 4.13. The number of amides is 1. The summed E-state index contributed by atoms with van der Waals surface area (Å²) >= 11 is 5.58. The van der Waals surface area contributed by atoms with E-state index in [-0.39, 0.29) is 37.0 Å². The zero-order chi connectivity index (χ0) is 12.8. The van der Waals surface area contributed by atoms with E-state index in [4.69, 9.17) is 16.7 Å². The minimum atomic E-state index is -1.03. The van der Waals surface area contributed by atoms with Gasteiger partial charge in [0.15, 0.2) is 5.78 Å². The largest absolute Gasteiger partial charge is 0.481 e. The van der Waals surface area contributed by atoms with Crippen molar-refractivity contribution in [1.29, 1.82) is 0 Å². The first-order chi connectivity index (χ1) is 7.29. The van der Waals surface area contributed by atoms with Gasteiger partial charge in [0.1, 0.15) is 0 Å². The van der Waals surface area contributed by atoms with E-state index in [2.05, 4.69) is 5.32 Å². The lowest BCUT2D eigenvalue weighted by molar-refractivity contribution is -0.138. The molecule has 0 aromatic carbocycles. The molecule has 0 aliphatic carbocycles. The fourth-order valence-electron chi connectivity index (χ4n) is 0.814. The van der Waals surface area contributed by atoms with Crippen LogP contribution in [0.5, 0.6) is 0 Å². The molecule has 0 unspecified atom stereocenters. The van der Waals surface area contributed by atoms with Crippen molar-refractivity contribution in [2.24, 2.45) is 5.41 Å². The van der Waals surface area contributed by atoms with Crippen molar-refractivity contribution < 1.29 is 19.5 Å². The van der Waals surface area contributed by atoms with E-state index >= 15 is 0 Å². The Hall–Kier alpha value is -1.10. The van der Waals surface area contributed by atoms with Crippen LogP contribution >= 0.6 is 11.6 Å². The average Bonchev–Trinajstić information content (AvgIpc) is 2.22. The van der Waals surface area contributed by atoms with E-state index in [0.29, 0.717) is 0 Å².